The van der Waals surface area contributed by atoms with Gasteiger partial charge in [0.1, 0.15) is 0 Å². The van der Waals surface area contributed by atoms with Crippen molar-refractivity contribution in [1.29, 1.82) is 0 Å². The van der Waals surface area contributed by atoms with Crippen molar-refractivity contribution >= 4 is 11.9 Å². The van der Waals surface area contributed by atoms with Crippen molar-refractivity contribution in [2.24, 2.45) is 5.92 Å². The lowest BCUT2D eigenvalue weighted by molar-refractivity contribution is -0.148. The maximum atomic E-state index is 11.3. The van der Waals surface area contributed by atoms with Crippen molar-refractivity contribution in [2.75, 3.05) is 0 Å². The molecule has 1 aromatic carbocycles. The van der Waals surface area contributed by atoms with Crippen molar-refractivity contribution in [3.8, 4) is 0 Å². The predicted octanol–water partition coefficient (Wildman–Crippen LogP) is 1.71. The van der Waals surface area contributed by atoms with Gasteiger partial charge in [-0.3, -0.25) is 9.59 Å². The Labute approximate surface area is 106 Å². The molecule has 1 unspecified atom stereocenters. The molecule has 0 aliphatic heterocycles. The van der Waals surface area contributed by atoms with E-state index in [0.29, 0.717) is 0 Å². The van der Waals surface area contributed by atoms with Crippen molar-refractivity contribution in [3.63, 3.8) is 0 Å². The lowest BCUT2D eigenvalue weighted by Gasteiger charge is -2.10. The van der Waals surface area contributed by atoms with E-state index in [1.807, 2.05) is 0 Å². The molecule has 1 atom stereocenters. The number of hydrogen-bond acceptors (Lipinski definition) is 2. The average molecular weight is 231 g/mol. The van der Waals surface area contributed by atoms with Gasteiger partial charge >= 0.3 is 11.9 Å². The first-order valence-electron chi connectivity index (χ1n) is 8.69. The van der Waals surface area contributed by atoms with Crippen molar-refractivity contribution in [2.45, 2.75) is 19.6 Å². The summed E-state index contributed by atoms with van der Waals surface area (Å²) in [6.45, 7) is -3.08. The lowest BCUT2D eigenvalue weighted by atomic mass is 9.95. The summed E-state index contributed by atoms with van der Waals surface area (Å²) in [4.78, 5) is 22.1. The lowest BCUT2D eigenvalue weighted by Crippen LogP contribution is -2.20. The highest BCUT2D eigenvalue weighted by Gasteiger charge is 2.21. The molecule has 0 radical (unpaired) electrons. The summed E-state index contributed by atoms with van der Waals surface area (Å²) >= 11 is 0. The topological polar surface area (TPSA) is 74.6 Å². The van der Waals surface area contributed by atoms with Crippen LogP contribution in [0.1, 0.15) is 29.9 Å². The van der Waals surface area contributed by atoms with Crippen LogP contribution in [0.25, 0.3) is 0 Å². The Morgan fingerprint density at radius 2 is 2.31 bits per heavy atom. The van der Waals surface area contributed by atoms with E-state index in [1.165, 1.54) is 0 Å². The third-order valence-corrected chi connectivity index (χ3v) is 1.62. The Hall–Kier alpha value is -1.84. The van der Waals surface area contributed by atoms with Crippen LogP contribution in [-0.2, 0) is 16.0 Å². The molecule has 0 aromatic heterocycles. The number of carbonyl (C=O) groups is 2. The Balaban J connectivity index is 3.84. The van der Waals surface area contributed by atoms with Gasteiger partial charge in [0.05, 0.1) is 17.8 Å². The van der Waals surface area contributed by atoms with Gasteiger partial charge in [0.25, 0.3) is 0 Å². The number of carboxylic acids is 2. The fourth-order valence-electron chi connectivity index (χ4n) is 0.965. The smallest absolute Gasteiger partial charge is 0.307 e. The van der Waals surface area contributed by atoms with Crippen LogP contribution in [0, 0.1) is 12.8 Å². The summed E-state index contributed by atoms with van der Waals surface area (Å²) in [6, 6.07) is -4.07. The van der Waals surface area contributed by atoms with Crippen LogP contribution in [-0.4, -0.2) is 22.2 Å². The molecule has 0 heterocycles. The average Bonchev–Trinajstić information content (AvgIpc) is 2.40. The molecule has 0 saturated carbocycles. The molecule has 0 aliphatic rings. The van der Waals surface area contributed by atoms with Crippen molar-refractivity contribution in [3.05, 3.63) is 35.3 Å². The normalized spacial score (nSPS) is 21.9. The Kier molecular flexibility index (Phi) is 1.51. The van der Waals surface area contributed by atoms with Gasteiger partial charge in [-0.05, 0) is 18.8 Å². The molecule has 1 rings (SSSR count). The zero-order chi connectivity index (χ0) is 19.9. The summed E-state index contributed by atoms with van der Waals surface area (Å²) in [5.41, 5.74) is -2.03. The monoisotopic (exact) mass is 231 g/mol. The molecule has 0 bridgehead atoms. The number of benzene rings is 1. The minimum atomic E-state index is -3.12. The van der Waals surface area contributed by atoms with E-state index in [-0.39, 0.29) is 0 Å². The van der Waals surface area contributed by atoms with E-state index in [4.69, 9.17) is 22.5 Å². The third-order valence-electron chi connectivity index (χ3n) is 1.62. The van der Waals surface area contributed by atoms with E-state index in [0.717, 1.165) is 0 Å². The fourth-order valence-corrected chi connectivity index (χ4v) is 0.965. The highest BCUT2D eigenvalue weighted by molar-refractivity contribution is 5.78. The fraction of sp³-hybridized carbons (Fsp3) is 0.333. The van der Waals surface area contributed by atoms with E-state index in [1.54, 1.807) is 0 Å². The van der Waals surface area contributed by atoms with Gasteiger partial charge in [-0.2, -0.15) is 0 Å². The molecule has 0 saturated heterocycles. The number of carboxylic acid groups (broad SMARTS) is 2. The maximum Gasteiger partial charge on any atom is 0.307 e. The van der Waals surface area contributed by atoms with Crippen LogP contribution in [0.15, 0.2) is 24.2 Å². The SMILES string of the molecule is [2H]c1c([2H])c(C([2H])([2H])[2H])c([2H])c(C([2H])([2H])C(CC(=O)O)C(=O)O)c1[2H]. The number of aliphatic carboxylic acids is 2. The van der Waals surface area contributed by atoms with Gasteiger partial charge < -0.3 is 10.2 Å². The van der Waals surface area contributed by atoms with Crippen molar-refractivity contribution < 1.29 is 32.1 Å². The van der Waals surface area contributed by atoms with Crippen LogP contribution in [0.3, 0.4) is 0 Å². The summed E-state index contributed by atoms with van der Waals surface area (Å²) in [5, 5.41) is 17.9. The molecule has 4 nitrogen and oxygen atoms in total. The summed E-state index contributed by atoms with van der Waals surface area (Å²) < 4.78 is 68.8. The largest absolute Gasteiger partial charge is 0.481 e. The van der Waals surface area contributed by atoms with Crippen LogP contribution < -0.4 is 0 Å². The summed E-state index contributed by atoms with van der Waals surface area (Å²) in [7, 11) is 0. The number of hydrogen-bond donors (Lipinski definition) is 2. The van der Waals surface area contributed by atoms with E-state index in [9.17, 15) is 9.59 Å². The first-order valence-corrected chi connectivity index (χ1v) is 4.19. The maximum absolute atomic E-state index is 11.3. The minimum absolute atomic E-state index is 0.959. The van der Waals surface area contributed by atoms with Gasteiger partial charge in [-0.15, -0.1) is 0 Å². The molecule has 0 amide bonds. The molecule has 0 spiro atoms. The molecule has 4 heteroatoms. The summed E-state index contributed by atoms with van der Waals surface area (Å²) in [6.07, 6.45) is -4.30. The second kappa shape index (κ2) is 5.30. The van der Waals surface area contributed by atoms with Gasteiger partial charge in [-0.25, -0.2) is 0 Å². The Morgan fingerprint density at radius 3 is 2.88 bits per heavy atom. The van der Waals surface area contributed by atoms with Crippen LogP contribution in [0.5, 0.6) is 0 Å². The molecule has 0 fully saturated rings. The number of rotatable bonds is 5. The minimum Gasteiger partial charge on any atom is -0.481 e. The molecule has 1 aromatic rings. The van der Waals surface area contributed by atoms with Crippen LogP contribution >= 0.6 is 0 Å². The molecule has 16 heavy (non-hydrogen) atoms. The zero-order valence-electron chi connectivity index (χ0n) is 17.0. The van der Waals surface area contributed by atoms with E-state index in [2.05, 4.69) is 0 Å². The second-order valence-corrected chi connectivity index (χ2v) is 2.88. The Morgan fingerprint density at radius 1 is 1.56 bits per heavy atom. The van der Waals surface area contributed by atoms with Crippen LogP contribution in [0.2, 0.25) is 0 Å². The predicted molar refractivity (Wildman–Crippen MR) is 58.3 cm³/mol. The van der Waals surface area contributed by atoms with Crippen LogP contribution in [0.4, 0.5) is 0 Å². The highest BCUT2D eigenvalue weighted by Crippen LogP contribution is 2.14. The zero-order valence-corrected chi connectivity index (χ0v) is 8.00. The molecule has 0 aliphatic carbocycles. The molecule has 2 N–H and O–H groups in total. The van der Waals surface area contributed by atoms with Crippen molar-refractivity contribution in [1.82, 2.24) is 0 Å². The standard InChI is InChI=1S/C12H14O4/c1-8-3-2-4-9(5-8)6-10(12(15)16)7-11(13)14/h2-5,10H,6-7H2,1H3,(H,13,14)(H,15,16)/i1D3,2D,3D,4D,5D,6D2. The van der Waals surface area contributed by atoms with Gasteiger partial charge in [0, 0.05) is 6.85 Å². The first-order chi connectivity index (χ1) is 11.1. The second-order valence-electron chi connectivity index (χ2n) is 2.88. The first kappa shape index (κ1) is 4.57. The molecule has 86 valence electrons. The molecular formula is C12H14O4. The summed E-state index contributed by atoms with van der Waals surface area (Å²) in [5.74, 6) is -5.73. The highest BCUT2D eigenvalue weighted by atomic mass is 16.4. The molecular weight excluding hydrogens is 208 g/mol. The quantitative estimate of drug-likeness (QED) is 0.809. The van der Waals surface area contributed by atoms with E-state index >= 15 is 0 Å². The third kappa shape index (κ3) is 3.73. The Bertz CT molecular complexity index is 727. The van der Waals surface area contributed by atoms with Gasteiger partial charge in [0.15, 0.2) is 0 Å². The van der Waals surface area contributed by atoms with Gasteiger partial charge in [-0.1, -0.05) is 29.7 Å². The van der Waals surface area contributed by atoms with E-state index < -0.39 is 72.8 Å². The van der Waals surface area contributed by atoms with Gasteiger partial charge in [0.2, 0.25) is 0 Å².